The van der Waals surface area contributed by atoms with Gasteiger partial charge in [0.15, 0.2) is 5.79 Å². The van der Waals surface area contributed by atoms with Gasteiger partial charge in [-0.15, -0.1) is 0 Å². The molecule has 0 bridgehead atoms. The normalized spacial score (nSPS) is 45.0. The fourth-order valence-electron chi connectivity index (χ4n) is 1.88. The molecule has 1 saturated carbocycles. The van der Waals surface area contributed by atoms with Crippen LogP contribution < -0.4 is 0 Å². The van der Waals surface area contributed by atoms with Crippen molar-refractivity contribution >= 4 is 11.8 Å². The van der Waals surface area contributed by atoms with Gasteiger partial charge in [0.2, 0.25) is 0 Å². The third-order valence-corrected chi connectivity index (χ3v) is 3.92. The van der Waals surface area contributed by atoms with Gasteiger partial charge in [-0.25, -0.2) is 0 Å². The van der Waals surface area contributed by atoms with Gasteiger partial charge in [-0.1, -0.05) is 6.42 Å². The van der Waals surface area contributed by atoms with E-state index in [1.54, 1.807) is 0 Å². The first-order chi connectivity index (χ1) is 5.31. The highest BCUT2D eigenvalue weighted by molar-refractivity contribution is 8.00. The first kappa shape index (κ1) is 7.90. The Hall–Kier alpha value is 0.270. The summed E-state index contributed by atoms with van der Waals surface area (Å²) in [5.41, 5.74) is 0. The molecule has 2 rings (SSSR count). The Labute approximate surface area is 71.3 Å². The van der Waals surface area contributed by atoms with Crippen LogP contribution in [-0.4, -0.2) is 28.5 Å². The standard InChI is InChI=1S/C8H14O2S/c9-8-4-2-1-3-7(8)11-6-5-10-8/h7,9H,1-6H2. The summed E-state index contributed by atoms with van der Waals surface area (Å²) < 4.78 is 5.40. The van der Waals surface area contributed by atoms with Crippen LogP contribution in [0.3, 0.4) is 0 Å². The van der Waals surface area contributed by atoms with Crippen molar-refractivity contribution in [3.63, 3.8) is 0 Å². The van der Waals surface area contributed by atoms with E-state index in [2.05, 4.69) is 0 Å². The van der Waals surface area contributed by atoms with Crippen LogP contribution in [0.2, 0.25) is 0 Å². The van der Waals surface area contributed by atoms with Crippen molar-refractivity contribution in [2.24, 2.45) is 0 Å². The summed E-state index contributed by atoms with van der Waals surface area (Å²) in [5, 5.41) is 10.3. The second-order valence-electron chi connectivity index (χ2n) is 3.30. The molecule has 3 heteroatoms. The predicted molar refractivity (Wildman–Crippen MR) is 45.6 cm³/mol. The first-order valence-electron chi connectivity index (χ1n) is 4.29. The molecule has 2 nitrogen and oxygen atoms in total. The summed E-state index contributed by atoms with van der Waals surface area (Å²) in [6.45, 7) is 0.720. The van der Waals surface area contributed by atoms with E-state index in [-0.39, 0.29) is 0 Å². The second-order valence-corrected chi connectivity index (χ2v) is 4.61. The summed E-state index contributed by atoms with van der Waals surface area (Å²) in [5.74, 6) is 0.286. The number of thioether (sulfide) groups is 1. The molecule has 0 spiro atoms. The Morgan fingerprint density at radius 3 is 3.18 bits per heavy atom. The molecule has 1 aliphatic carbocycles. The lowest BCUT2D eigenvalue weighted by molar-refractivity contribution is -0.216. The molecule has 2 fully saturated rings. The van der Waals surface area contributed by atoms with E-state index in [9.17, 15) is 5.11 Å². The zero-order valence-corrected chi connectivity index (χ0v) is 7.40. The van der Waals surface area contributed by atoms with Crippen molar-refractivity contribution < 1.29 is 9.84 Å². The minimum Gasteiger partial charge on any atom is -0.365 e. The first-order valence-corrected chi connectivity index (χ1v) is 5.34. The molecule has 2 aliphatic rings. The zero-order chi connectivity index (χ0) is 7.73. The summed E-state index contributed by atoms with van der Waals surface area (Å²) in [6.07, 6.45) is 4.34. The van der Waals surface area contributed by atoms with Crippen molar-refractivity contribution in [1.29, 1.82) is 0 Å². The summed E-state index contributed by atoms with van der Waals surface area (Å²) in [4.78, 5) is 0. The van der Waals surface area contributed by atoms with Crippen LogP contribution in [0, 0.1) is 0 Å². The van der Waals surface area contributed by atoms with Crippen molar-refractivity contribution in [3.8, 4) is 0 Å². The van der Waals surface area contributed by atoms with Gasteiger partial charge in [0.05, 0.1) is 11.9 Å². The molecule has 64 valence electrons. The van der Waals surface area contributed by atoms with E-state index >= 15 is 0 Å². The quantitative estimate of drug-likeness (QED) is 0.601. The smallest absolute Gasteiger partial charge is 0.177 e. The SMILES string of the molecule is OC12CCCCC1SCCO2. The third kappa shape index (κ3) is 1.42. The Morgan fingerprint density at radius 2 is 2.36 bits per heavy atom. The molecule has 1 aliphatic heterocycles. The third-order valence-electron chi connectivity index (χ3n) is 2.51. The fraction of sp³-hybridized carbons (Fsp3) is 1.00. The van der Waals surface area contributed by atoms with Gasteiger partial charge in [0.25, 0.3) is 0 Å². The van der Waals surface area contributed by atoms with Gasteiger partial charge in [-0.3, -0.25) is 0 Å². The number of ether oxygens (including phenoxy) is 1. The van der Waals surface area contributed by atoms with Crippen molar-refractivity contribution in [2.75, 3.05) is 12.4 Å². The molecule has 0 radical (unpaired) electrons. The molecule has 0 aromatic carbocycles. The van der Waals surface area contributed by atoms with Crippen molar-refractivity contribution in [2.45, 2.75) is 36.7 Å². The lowest BCUT2D eigenvalue weighted by atomic mass is 9.93. The number of rotatable bonds is 0. The molecule has 1 N–H and O–H groups in total. The average Bonchev–Trinajstić information content (AvgIpc) is 2.03. The monoisotopic (exact) mass is 174 g/mol. The molecule has 2 unspecified atom stereocenters. The number of aliphatic hydroxyl groups is 1. The van der Waals surface area contributed by atoms with Gasteiger partial charge >= 0.3 is 0 Å². The van der Waals surface area contributed by atoms with Crippen LogP contribution in [0.4, 0.5) is 0 Å². The summed E-state index contributed by atoms with van der Waals surface area (Å²) in [6, 6.07) is 0. The topological polar surface area (TPSA) is 29.5 Å². The van der Waals surface area contributed by atoms with Gasteiger partial charge in [0, 0.05) is 12.2 Å². The Balaban J connectivity index is 2.06. The average molecular weight is 174 g/mol. The maximum absolute atomic E-state index is 9.95. The lowest BCUT2D eigenvalue weighted by Crippen LogP contribution is -2.48. The molecule has 0 aromatic rings. The minimum atomic E-state index is -0.763. The van der Waals surface area contributed by atoms with Gasteiger partial charge < -0.3 is 9.84 Å². The van der Waals surface area contributed by atoms with Crippen LogP contribution in [0.25, 0.3) is 0 Å². The maximum atomic E-state index is 9.95. The molecule has 0 aromatic heterocycles. The molecule has 1 saturated heterocycles. The summed E-state index contributed by atoms with van der Waals surface area (Å²) in [7, 11) is 0. The Bertz CT molecular complexity index is 137. The van der Waals surface area contributed by atoms with E-state index in [0.717, 1.165) is 31.6 Å². The Kier molecular flexibility index (Phi) is 2.12. The molecular formula is C8H14O2S. The van der Waals surface area contributed by atoms with E-state index < -0.39 is 5.79 Å². The largest absolute Gasteiger partial charge is 0.365 e. The van der Waals surface area contributed by atoms with Crippen LogP contribution >= 0.6 is 11.8 Å². The van der Waals surface area contributed by atoms with E-state index in [0.29, 0.717) is 5.25 Å². The molecule has 1 heterocycles. The highest BCUT2D eigenvalue weighted by Gasteiger charge is 2.42. The van der Waals surface area contributed by atoms with E-state index in [1.165, 1.54) is 6.42 Å². The predicted octanol–water partition coefficient (Wildman–Crippen LogP) is 1.38. The maximum Gasteiger partial charge on any atom is 0.177 e. The fourth-order valence-corrected chi connectivity index (χ4v) is 3.13. The highest BCUT2D eigenvalue weighted by atomic mass is 32.2. The van der Waals surface area contributed by atoms with Crippen LogP contribution in [-0.2, 0) is 4.74 Å². The van der Waals surface area contributed by atoms with Crippen LogP contribution in [0.15, 0.2) is 0 Å². The van der Waals surface area contributed by atoms with Crippen LogP contribution in [0.1, 0.15) is 25.7 Å². The Morgan fingerprint density at radius 1 is 1.45 bits per heavy atom. The van der Waals surface area contributed by atoms with Crippen molar-refractivity contribution in [1.82, 2.24) is 0 Å². The molecule has 0 amide bonds. The zero-order valence-electron chi connectivity index (χ0n) is 6.58. The highest BCUT2D eigenvalue weighted by Crippen LogP contribution is 2.40. The number of hydrogen-bond acceptors (Lipinski definition) is 3. The lowest BCUT2D eigenvalue weighted by Gasteiger charge is -2.42. The molecule has 2 atom stereocenters. The number of hydrogen-bond donors (Lipinski definition) is 1. The van der Waals surface area contributed by atoms with E-state index in [1.807, 2.05) is 11.8 Å². The van der Waals surface area contributed by atoms with Gasteiger partial charge in [-0.2, -0.15) is 11.8 Å². The van der Waals surface area contributed by atoms with E-state index in [4.69, 9.17) is 4.74 Å². The van der Waals surface area contributed by atoms with Gasteiger partial charge in [0.1, 0.15) is 0 Å². The molecular weight excluding hydrogens is 160 g/mol. The second kappa shape index (κ2) is 2.96. The minimum absolute atomic E-state index is 0.352. The van der Waals surface area contributed by atoms with Crippen molar-refractivity contribution in [3.05, 3.63) is 0 Å². The number of fused-ring (bicyclic) bond motifs is 1. The van der Waals surface area contributed by atoms with Gasteiger partial charge in [-0.05, 0) is 12.8 Å². The summed E-state index contributed by atoms with van der Waals surface area (Å²) >= 11 is 1.87. The molecule has 11 heavy (non-hydrogen) atoms. The van der Waals surface area contributed by atoms with Crippen LogP contribution in [0.5, 0.6) is 0 Å².